The Balaban J connectivity index is 3.32. The van der Waals surface area contributed by atoms with Crippen molar-refractivity contribution in [2.24, 2.45) is 0 Å². The zero-order valence-corrected chi connectivity index (χ0v) is 6.99. The Labute approximate surface area is 67.3 Å². The summed E-state index contributed by atoms with van der Waals surface area (Å²) in [4.78, 5) is 0. The fraction of sp³-hybridized carbons (Fsp3) is 0.625. The van der Waals surface area contributed by atoms with Crippen molar-refractivity contribution >= 4 is 11.6 Å². The van der Waals surface area contributed by atoms with Gasteiger partial charge in [-0.3, -0.25) is 0 Å². The van der Waals surface area contributed by atoms with Gasteiger partial charge in [0.25, 0.3) is 0 Å². The van der Waals surface area contributed by atoms with Gasteiger partial charge in [0.05, 0.1) is 6.07 Å². The van der Waals surface area contributed by atoms with E-state index in [9.17, 15) is 0 Å². The number of hydrogen-bond donors (Lipinski definition) is 0. The first-order valence-corrected chi connectivity index (χ1v) is 3.93. The summed E-state index contributed by atoms with van der Waals surface area (Å²) in [6.45, 7) is 2.14. The highest BCUT2D eigenvalue weighted by atomic mass is 35.5. The van der Waals surface area contributed by atoms with Crippen molar-refractivity contribution in [3.05, 3.63) is 11.1 Å². The van der Waals surface area contributed by atoms with Crippen molar-refractivity contribution in [1.82, 2.24) is 0 Å². The van der Waals surface area contributed by atoms with E-state index in [1.165, 1.54) is 18.9 Å². The molecule has 0 bridgehead atoms. The standard InChI is InChI=1S/C8H12ClN/c1-2-3-4-5-8(9)6-7-10/h6H,2-5H2,1H3. The van der Waals surface area contributed by atoms with Gasteiger partial charge < -0.3 is 0 Å². The summed E-state index contributed by atoms with van der Waals surface area (Å²) in [6, 6.07) is 1.90. The second-order valence-electron chi connectivity index (χ2n) is 2.18. The molecule has 0 aromatic carbocycles. The van der Waals surface area contributed by atoms with Crippen LogP contribution >= 0.6 is 11.6 Å². The molecule has 0 radical (unpaired) electrons. The summed E-state index contributed by atoms with van der Waals surface area (Å²) in [7, 11) is 0. The summed E-state index contributed by atoms with van der Waals surface area (Å²) in [5.41, 5.74) is 0. The molecule has 0 aliphatic heterocycles. The van der Waals surface area contributed by atoms with E-state index < -0.39 is 0 Å². The Morgan fingerprint density at radius 3 is 2.80 bits per heavy atom. The van der Waals surface area contributed by atoms with Gasteiger partial charge in [0.2, 0.25) is 0 Å². The topological polar surface area (TPSA) is 23.8 Å². The first-order valence-electron chi connectivity index (χ1n) is 3.55. The number of rotatable bonds is 4. The second kappa shape index (κ2) is 6.64. The van der Waals surface area contributed by atoms with Crippen LogP contribution in [-0.2, 0) is 0 Å². The lowest BCUT2D eigenvalue weighted by molar-refractivity contribution is 0.725. The fourth-order valence-electron chi connectivity index (χ4n) is 0.686. The van der Waals surface area contributed by atoms with E-state index >= 15 is 0 Å². The number of hydrogen-bond acceptors (Lipinski definition) is 1. The van der Waals surface area contributed by atoms with E-state index in [1.807, 2.05) is 6.07 Å². The SMILES string of the molecule is CCCCCC(Cl)=CC#N. The lowest BCUT2D eigenvalue weighted by atomic mass is 10.2. The van der Waals surface area contributed by atoms with E-state index in [4.69, 9.17) is 16.9 Å². The van der Waals surface area contributed by atoms with Gasteiger partial charge in [-0.1, -0.05) is 31.4 Å². The van der Waals surface area contributed by atoms with Crippen LogP contribution in [0.4, 0.5) is 0 Å². The van der Waals surface area contributed by atoms with Gasteiger partial charge in [-0.25, -0.2) is 0 Å². The maximum absolute atomic E-state index is 8.18. The van der Waals surface area contributed by atoms with Crippen LogP contribution in [0.15, 0.2) is 11.1 Å². The second-order valence-corrected chi connectivity index (χ2v) is 2.66. The van der Waals surface area contributed by atoms with Crippen molar-refractivity contribution in [1.29, 1.82) is 5.26 Å². The average Bonchev–Trinajstić information content (AvgIpc) is 1.89. The van der Waals surface area contributed by atoms with Gasteiger partial charge in [0.1, 0.15) is 0 Å². The molecule has 0 saturated heterocycles. The zero-order valence-electron chi connectivity index (χ0n) is 6.23. The van der Waals surface area contributed by atoms with Gasteiger partial charge in [-0.2, -0.15) is 5.26 Å². The molecule has 0 N–H and O–H groups in total. The molecule has 10 heavy (non-hydrogen) atoms. The minimum Gasteiger partial charge on any atom is -0.193 e. The fourth-order valence-corrected chi connectivity index (χ4v) is 0.869. The van der Waals surface area contributed by atoms with Gasteiger partial charge in [-0.15, -0.1) is 0 Å². The van der Waals surface area contributed by atoms with Crippen molar-refractivity contribution in [2.45, 2.75) is 32.6 Å². The Kier molecular flexibility index (Phi) is 6.32. The molecule has 56 valence electrons. The third kappa shape index (κ3) is 5.65. The number of nitrogens with zero attached hydrogens (tertiary/aromatic N) is 1. The highest BCUT2D eigenvalue weighted by molar-refractivity contribution is 6.29. The Bertz CT molecular complexity index is 144. The van der Waals surface area contributed by atoms with Crippen LogP contribution in [0, 0.1) is 11.3 Å². The van der Waals surface area contributed by atoms with Gasteiger partial charge in [-0.05, 0) is 12.8 Å². The third-order valence-electron chi connectivity index (χ3n) is 1.24. The molecule has 1 nitrogen and oxygen atoms in total. The van der Waals surface area contributed by atoms with Crippen molar-refractivity contribution in [3.63, 3.8) is 0 Å². The van der Waals surface area contributed by atoms with Gasteiger partial charge in [0, 0.05) is 11.1 Å². The number of allylic oxidation sites excluding steroid dienone is 2. The van der Waals surface area contributed by atoms with E-state index in [-0.39, 0.29) is 0 Å². The highest BCUT2D eigenvalue weighted by Gasteiger charge is 1.90. The zero-order chi connectivity index (χ0) is 7.82. The largest absolute Gasteiger partial charge is 0.193 e. The molecular weight excluding hydrogens is 146 g/mol. The third-order valence-corrected chi connectivity index (χ3v) is 1.54. The molecule has 0 amide bonds. The normalized spacial score (nSPS) is 11.1. The van der Waals surface area contributed by atoms with E-state index in [2.05, 4.69) is 6.92 Å². The predicted octanol–water partition coefficient (Wildman–Crippen LogP) is 3.21. The molecule has 0 aliphatic rings. The molecule has 0 aromatic heterocycles. The predicted molar refractivity (Wildman–Crippen MR) is 43.7 cm³/mol. The molecule has 0 aromatic rings. The van der Waals surface area contributed by atoms with Crippen molar-refractivity contribution < 1.29 is 0 Å². The average molecular weight is 158 g/mol. The lowest BCUT2D eigenvalue weighted by Crippen LogP contribution is -1.75. The minimum absolute atomic E-state index is 0.677. The van der Waals surface area contributed by atoms with Gasteiger partial charge >= 0.3 is 0 Å². The first-order chi connectivity index (χ1) is 4.81. The number of unbranched alkanes of at least 4 members (excludes halogenated alkanes) is 2. The molecule has 0 aliphatic carbocycles. The van der Waals surface area contributed by atoms with Crippen LogP contribution in [0.1, 0.15) is 32.6 Å². The summed E-state index contributed by atoms with van der Waals surface area (Å²) in [6.07, 6.45) is 5.72. The maximum Gasteiger partial charge on any atom is 0.0924 e. The Morgan fingerprint density at radius 2 is 2.30 bits per heavy atom. The molecule has 0 rings (SSSR count). The summed E-state index contributed by atoms with van der Waals surface area (Å²) in [5, 5.41) is 8.86. The molecule has 0 fully saturated rings. The summed E-state index contributed by atoms with van der Waals surface area (Å²) in [5.74, 6) is 0. The molecule has 0 unspecified atom stereocenters. The molecule has 0 atom stereocenters. The quantitative estimate of drug-likeness (QED) is 0.454. The Morgan fingerprint density at radius 1 is 1.60 bits per heavy atom. The molecule has 0 heterocycles. The lowest BCUT2D eigenvalue weighted by Gasteiger charge is -1.94. The monoisotopic (exact) mass is 157 g/mol. The molecular formula is C8H12ClN. The van der Waals surface area contributed by atoms with E-state index in [0.29, 0.717) is 5.03 Å². The van der Waals surface area contributed by atoms with Crippen LogP contribution in [0.5, 0.6) is 0 Å². The maximum atomic E-state index is 8.18. The van der Waals surface area contributed by atoms with Crippen LogP contribution < -0.4 is 0 Å². The summed E-state index contributed by atoms with van der Waals surface area (Å²) < 4.78 is 0. The molecule has 0 saturated carbocycles. The van der Waals surface area contributed by atoms with Gasteiger partial charge in [0.15, 0.2) is 0 Å². The molecule has 0 spiro atoms. The van der Waals surface area contributed by atoms with Crippen molar-refractivity contribution in [3.8, 4) is 6.07 Å². The van der Waals surface area contributed by atoms with Crippen LogP contribution in [0.3, 0.4) is 0 Å². The minimum atomic E-state index is 0.677. The van der Waals surface area contributed by atoms with E-state index in [0.717, 1.165) is 12.8 Å². The Hall–Kier alpha value is -0.480. The van der Waals surface area contributed by atoms with E-state index in [1.54, 1.807) is 0 Å². The summed E-state index contributed by atoms with van der Waals surface area (Å²) >= 11 is 5.66. The van der Waals surface area contributed by atoms with Crippen LogP contribution in [0.25, 0.3) is 0 Å². The van der Waals surface area contributed by atoms with Crippen LogP contribution in [-0.4, -0.2) is 0 Å². The number of halogens is 1. The number of nitriles is 1. The molecule has 2 heteroatoms. The van der Waals surface area contributed by atoms with Crippen LogP contribution in [0.2, 0.25) is 0 Å². The first kappa shape index (κ1) is 9.52. The highest BCUT2D eigenvalue weighted by Crippen LogP contribution is 2.11. The van der Waals surface area contributed by atoms with Crippen molar-refractivity contribution in [2.75, 3.05) is 0 Å². The smallest absolute Gasteiger partial charge is 0.0924 e.